The van der Waals surface area contributed by atoms with E-state index in [0.29, 0.717) is 13.3 Å². The van der Waals surface area contributed by atoms with E-state index in [1.807, 2.05) is 6.07 Å². The number of nitrogens with two attached hydrogens (primary N) is 1. The van der Waals surface area contributed by atoms with Gasteiger partial charge in [-0.05, 0) is 42.1 Å². The Bertz CT molecular complexity index is 430. The molecule has 2 rings (SSSR count). The Morgan fingerprint density at radius 1 is 1.28 bits per heavy atom. The Morgan fingerprint density at radius 3 is 2.61 bits per heavy atom. The van der Waals surface area contributed by atoms with E-state index in [-0.39, 0.29) is 5.41 Å². The van der Waals surface area contributed by atoms with Crippen LogP contribution in [0.2, 0.25) is 0 Å². The maximum Gasteiger partial charge on any atom is 0.231 e. The molecule has 0 radical (unpaired) electrons. The molecule has 0 saturated heterocycles. The number of ether oxygens (including phenoxy) is 2. The van der Waals surface area contributed by atoms with Crippen molar-refractivity contribution in [2.24, 2.45) is 11.1 Å². The van der Waals surface area contributed by atoms with Gasteiger partial charge in [0.1, 0.15) is 0 Å². The number of fused-ring (bicyclic) bond motifs is 1. The van der Waals surface area contributed by atoms with Crippen molar-refractivity contribution in [2.45, 2.75) is 27.3 Å². The number of hydrogen-bond acceptors (Lipinski definition) is 4. The lowest BCUT2D eigenvalue weighted by molar-refractivity contribution is 0.174. The van der Waals surface area contributed by atoms with E-state index in [0.717, 1.165) is 24.6 Å². The summed E-state index contributed by atoms with van der Waals surface area (Å²) in [5.74, 6) is 1.69. The molecule has 1 aliphatic rings. The van der Waals surface area contributed by atoms with E-state index < -0.39 is 0 Å². The Morgan fingerprint density at radius 2 is 1.94 bits per heavy atom. The monoisotopic (exact) mass is 250 g/mol. The molecule has 0 aromatic heterocycles. The minimum Gasteiger partial charge on any atom is -0.454 e. The highest BCUT2D eigenvalue weighted by Crippen LogP contribution is 2.34. The Labute approximate surface area is 108 Å². The molecule has 0 unspecified atom stereocenters. The molecule has 0 fully saturated rings. The second kappa shape index (κ2) is 5.16. The van der Waals surface area contributed by atoms with E-state index in [1.54, 1.807) is 0 Å². The Kier molecular flexibility index (Phi) is 3.78. The normalized spacial score (nSPS) is 14.0. The van der Waals surface area contributed by atoms with Crippen molar-refractivity contribution >= 4 is 0 Å². The van der Waals surface area contributed by atoms with Gasteiger partial charge in [-0.15, -0.1) is 0 Å². The van der Waals surface area contributed by atoms with E-state index in [9.17, 15) is 0 Å². The largest absolute Gasteiger partial charge is 0.454 e. The predicted octanol–water partition coefficient (Wildman–Crippen LogP) is 1.80. The Balaban J connectivity index is 1.98. The van der Waals surface area contributed by atoms with Crippen LogP contribution in [0.25, 0.3) is 0 Å². The summed E-state index contributed by atoms with van der Waals surface area (Å²) in [5.41, 5.74) is 8.30. The van der Waals surface area contributed by atoms with E-state index in [2.05, 4.69) is 32.2 Å². The molecule has 1 aromatic carbocycles. The minimum absolute atomic E-state index is 0.129. The molecule has 0 saturated carbocycles. The molecule has 0 atom stereocenters. The van der Waals surface area contributed by atoms with Gasteiger partial charge < -0.3 is 20.5 Å². The first-order chi connectivity index (χ1) is 8.52. The summed E-state index contributed by atoms with van der Waals surface area (Å²) in [4.78, 5) is 0. The van der Waals surface area contributed by atoms with Crippen LogP contribution in [0.15, 0.2) is 12.1 Å². The zero-order chi connectivity index (χ0) is 13.2. The predicted molar refractivity (Wildman–Crippen MR) is 71.8 cm³/mol. The SMILES string of the molecule is Cc1cc2c(cc1CNCC(C)(C)CN)OCO2. The number of nitrogens with one attached hydrogen (secondary N) is 1. The third-order valence-corrected chi connectivity index (χ3v) is 3.30. The van der Waals surface area contributed by atoms with E-state index >= 15 is 0 Å². The van der Waals surface area contributed by atoms with Crippen molar-refractivity contribution in [2.75, 3.05) is 19.9 Å². The zero-order valence-corrected chi connectivity index (χ0v) is 11.4. The first-order valence-corrected chi connectivity index (χ1v) is 6.32. The summed E-state index contributed by atoms with van der Waals surface area (Å²) in [7, 11) is 0. The molecule has 0 spiro atoms. The van der Waals surface area contributed by atoms with Gasteiger partial charge in [-0.2, -0.15) is 0 Å². The molecule has 0 aliphatic carbocycles. The third-order valence-electron chi connectivity index (χ3n) is 3.30. The van der Waals surface area contributed by atoms with Crippen LogP contribution >= 0.6 is 0 Å². The maximum atomic E-state index is 5.71. The summed E-state index contributed by atoms with van der Waals surface area (Å²) in [6, 6.07) is 4.09. The van der Waals surface area contributed by atoms with Crippen molar-refractivity contribution in [3.63, 3.8) is 0 Å². The number of aryl methyl sites for hydroxylation is 1. The van der Waals surface area contributed by atoms with Gasteiger partial charge in [0, 0.05) is 13.1 Å². The highest BCUT2D eigenvalue weighted by atomic mass is 16.7. The molecule has 3 N–H and O–H groups in total. The van der Waals surface area contributed by atoms with Crippen LogP contribution in [0, 0.1) is 12.3 Å². The van der Waals surface area contributed by atoms with Gasteiger partial charge in [-0.1, -0.05) is 13.8 Å². The highest BCUT2D eigenvalue weighted by Gasteiger charge is 2.17. The lowest BCUT2D eigenvalue weighted by Gasteiger charge is -2.23. The van der Waals surface area contributed by atoms with Crippen LogP contribution in [0.5, 0.6) is 11.5 Å². The summed E-state index contributed by atoms with van der Waals surface area (Å²) < 4.78 is 10.7. The quantitative estimate of drug-likeness (QED) is 0.836. The highest BCUT2D eigenvalue weighted by molar-refractivity contribution is 5.48. The smallest absolute Gasteiger partial charge is 0.231 e. The second-order valence-electron chi connectivity index (χ2n) is 5.60. The minimum atomic E-state index is 0.129. The van der Waals surface area contributed by atoms with Crippen LogP contribution in [-0.2, 0) is 6.54 Å². The second-order valence-corrected chi connectivity index (χ2v) is 5.60. The number of hydrogen-bond donors (Lipinski definition) is 2. The van der Waals surface area contributed by atoms with Gasteiger partial charge in [0.25, 0.3) is 0 Å². The molecule has 100 valence electrons. The van der Waals surface area contributed by atoms with Gasteiger partial charge >= 0.3 is 0 Å². The van der Waals surface area contributed by atoms with Crippen LogP contribution < -0.4 is 20.5 Å². The molecule has 18 heavy (non-hydrogen) atoms. The fourth-order valence-corrected chi connectivity index (χ4v) is 1.88. The van der Waals surface area contributed by atoms with Crippen molar-refractivity contribution in [3.8, 4) is 11.5 Å². The number of rotatable bonds is 5. The fraction of sp³-hybridized carbons (Fsp3) is 0.571. The van der Waals surface area contributed by atoms with Gasteiger partial charge in [-0.3, -0.25) is 0 Å². The molecule has 4 heteroatoms. The molecule has 1 aromatic rings. The van der Waals surface area contributed by atoms with Crippen LogP contribution in [0.1, 0.15) is 25.0 Å². The first kappa shape index (κ1) is 13.2. The molecule has 0 amide bonds. The molecular formula is C14H22N2O2. The fourth-order valence-electron chi connectivity index (χ4n) is 1.88. The summed E-state index contributed by atoms with van der Waals surface area (Å²) in [6.07, 6.45) is 0. The Hall–Kier alpha value is -1.26. The standard InChI is InChI=1S/C14H22N2O2/c1-10-4-12-13(18-9-17-12)5-11(10)6-16-8-14(2,3)7-15/h4-5,16H,6-9,15H2,1-3H3. The van der Waals surface area contributed by atoms with Gasteiger partial charge in [-0.25, -0.2) is 0 Å². The van der Waals surface area contributed by atoms with Crippen molar-refractivity contribution in [1.29, 1.82) is 0 Å². The van der Waals surface area contributed by atoms with Crippen molar-refractivity contribution in [1.82, 2.24) is 5.32 Å². The van der Waals surface area contributed by atoms with Gasteiger partial charge in [0.2, 0.25) is 6.79 Å². The van der Waals surface area contributed by atoms with Crippen molar-refractivity contribution < 1.29 is 9.47 Å². The average Bonchev–Trinajstić information content (AvgIpc) is 2.76. The summed E-state index contributed by atoms with van der Waals surface area (Å²) in [5, 5.41) is 3.45. The lowest BCUT2D eigenvalue weighted by atomic mass is 9.94. The average molecular weight is 250 g/mol. The lowest BCUT2D eigenvalue weighted by Crippen LogP contribution is -2.35. The van der Waals surface area contributed by atoms with Crippen LogP contribution in [0.4, 0.5) is 0 Å². The molecule has 1 heterocycles. The van der Waals surface area contributed by atoms with Gasteiger partial charge in [0.15, 0.2) is 11.5 Å². The van der Waals surface area contributed by atoms with E-state index in [1.165, 1.54) is 11.1 Å². The number of benzene rings is 1. The van der Waals surface area contributed by atoms with Gasteiger partial charge in [0.05, 0.1) is 0 Å². The molecular weight excluding hydrogens is 228 g/mol. The molecule has 4 nitrogen and oxygen atoms in total. The summed E-state index contributed by atoms with van der Waals surface area (Å²) in [6.45, 7) is 9.14. The third kappa shape index (κ3) is 2.94. The van der Waals surface area contributed by atoms with E-state index in [4.69, 9.17) is 15.2 Å². The molecule has 1 aliphatic heterocycles. The summed E-state index contributed by atoms with van der Waals surface area (Å²) >= 11 is 0. The van der Waals surface area contributed by atoms with Crippen molar-refractivity contribution in [3.05, 3.63) is 23.3 Å². The maximum absolute atomic E-state index is 5.71. The van der Waals surface area contributed by atoms with Crippen LogP contribution in [-0.4, -0.2) is 19.9 Å². The first-order valence-electron chi connectivity index (χ1n) is 6.32. The topological polar surface area (TPSA) is 56.5 Å². The molecule has 0 bridgehead atoms. The zero-order valence-electron chi connectivity index (χ0n) is 11.4. The van der Waals surface area contributed by atoms with Crippen LogP contribution in [0.3, 0.4) is 0 Å².